The van der Waals surface area contributed by atoms with Crippen molar-refractivity contribution in [1.82, 2.24) is 19.9 Å². The first-order valence-corrected chi connectivity index (χ1v) is 11.9. The van der Waals surface area contributed by atoms with E-state index < -0.39 is 30.1 Å². The Morgan fingerprint density at radius 2 is 1.71 bits per heavy atom. The maximum atomic E-state index is 13.5. The van der Waals surface area contributed by atoms with Crippen molar-refractivity contribution in [1.29, 1.82) is 0 Å². The van der Waals surface area contributed by atoms with E-state index in [0.717, 1.165) is 24.8 Å². The Morgan fingerprint density at radius 1 is 1.00 bits per heavy atom. The summed E-state index contributed by atoms with van der Waals surface area (Å²) < 4.78 is 79.9. The van der Waals surface area contributed by atoms with Crippen molar-refractivity contribution in [2.45, 2.75) is 37.7 Å². The minimum Gasteiger partial charge on any atom is -0.374 e. The van der Waals surface area contributed by atoms with Crippen molar-refractivity contribution in [2.75, 3.05) is 18.0 Å². The van der Waals surface area contributed by atoms with Gasteiger partial charge in [0.05, 0.1) is 29.5 Å². The highest BCUT2D eigenvalue weighted by molar-refractivity contribution is 6.31. The van der Waals surface area contributed by atoms with E-state index in [9.17, 15) is 31.4 Å². The maximum Gasteiger partial charge on any atom is 0.433 e. The van der Waals surface area contributed by atoms with Gasteiger partial charge in [0, 0.05) is 35.8 Å². The Hall–Kier alpha value is -3.38. The van der Waals surface area contributed by atoms with Crippen molar-refractivity contribution in [2.24, 2.45) is 0 Å². The van der Waals surface area contributed by atoms with Crippen molar-refractivity contribution in [3.8, 4) is 0 Å². The molecule has 0 amide bonds. The zero-order valence-electron chi connectivity index (χ0n) is 19.8. The number of fused-ring (bicyclic) bond motifs is 1. The Bertz CT molecular complexity index is 1500. The molecule has 6 nitrogen and oxygen atoms in total. The van der Waals surface area contributed by atoms with Gasteiger partial charge in [-0.3, -0.25) is 4.98 Å². The molecule has 1 aromatic carbocycles. The summed E-state index contributed by atoms with van der Waals surface area (Å²) in [6, 6.07) is 6.33. The number of aryl methyl sites for hydroxylation is 1. The molecule has 0 saturated carbocycles. The largest absolute Gasteiger partial charge is 0.433 e. The summed E-state index contributed by atoms with van der Waals surface area (Å²) in [5.41, 5.74) is -2.52. The number of benzene rings is 1. The fraction of sp³-hybridized carbons (Fsp3) is 0.320. The Morgan fingerprint density at radius 3 is 2.24 bits per heavy atom. The highest BCUT2D eigenvalue weighted by Gasteiger charge is 2.39. The molecule has 0 spiro atoms. The van der Waals surface area contributed by atoms with Gasteiger partial charge in [-0.05, 0) is 37.1 Å². The van der Waals surface area contributed by atoms with Crippen molar-refractivity contribution in [3.63, 3.8) is 0 Å². The predicted octanol–water partition coefficient (Wildman–Crippen LogP) is 5.93. The molecule has 4 heterocycles. The molecule has 0 radical (unpaired) electrons. The van der Waals surface area contributed by atoms with Crippen LogP contribution in [-0.2, 0) is 18.2 Å². The Balaban J connectivity index is 1.75. The molecule has 0 aliphatic carbocycles. The van der Waals surface area contributed by atoms with E-state index in [0.29, 0.717) is 29.8 Å². The third-order valence-corrected chi connectivity index (χ3v) is 6.85. The van der Waals surface area contributed by atoms with Crippen LogP contribution in [0.15, 0.2) is 42.7 Å². The Kier molecular flexibility index (Phi) is 6.30. The first-order valence-electron chi connectivity index (χ1n) is 11.5. The first-order chi connectivity index (χ1) is 17.8. The van der Waals surface area contributed by atoms with Crippen molar-refractivity contribution < 1.29 is 31.4 Å². The highest BCUT2D eigenvalue weighted by Crippen LogP contribution is 2.43. The lowest BCUT2D eigenvalue weighted by molar-refractivity contribution is -0.141. The molecule has 2 N–H and O–H groups in total. The fourth-order valence-electron chi connectivity index (χ4n) is 4.60. The van der Waals surface area contributed by atoms with Gasteiger partial charge in [0.2, 0.25) is 0 Å². The lowest BCUT2D eigenvalue weighted by Gasteiger charge is -2.36. The zero-order valence-corrected chi connectivity index (χ0v) is 20.5. The molecule has 1 aliphatic heterocycles. The first kappa shape index (κ1) is 26.2. The summed E-state index contributed by atoms with van der Waals surface area (Å²) in [5, 5.41) is 12.1. The van der Waals surface area contributed by atoms with Crippen LogP contribution in [0.2, 0.25) is 5.15 Å². The summed E-state index contributed by atoms with van der Waals surface area (Å²) in [6.07, 6.45) is -7.50. The zero-order chi connectivity index (χ0) is 27.5. The number of alkyl halides is 6. The van der Waals surface area contributed by atoms with Crippen LogP contribution in [0.3, 0.4) is 0 Å². The molecule has 4 aromatic rings. The number of halogens is 7. The van der Waals surface area contributed by atoms with Gasteiger partial charge < -0.3 is 15.0 Å². The van der Waals surface area contributed by atoms with E-state index >= 15 is 0 Å². The third-order valence-electron chi connectivity index (χ3n) is 6.54. The lowest BCUT2D eigenvalue weighted by atomic mass is 9.83. The molecule has 0 bridgehead atoms. The van der Waals surface area contributed by atoms with E-state index in [2.05, 4.69) is 19.9 Å². The number of nitrogens with zero attached hydrogens (tertiary/aromatic N) is 4. The van der Waals surface area contributed by atoms with Gasteiger partial charge in [-0.15, -0.1) is 0 Å². The van der Waals surface area contributed by atoms with Crippen LogP contribution in [0.4, 0.5) is 32.0 Å². The number of H-pyrrole nitrogens is 1. The average Bonchev–Trinajstić information content (AvgIpc) is 3.25. The quantitative estimate of drug-likeness (QED) is 0.236. The number of aliphatic hydroxyl groups is 1. The molecule has 1 saturated heterocycles. The van der Waals surface area contributed by atoms with Gasteiger partial charge in [-0.2, -0.15) is 26.3 Å². The lowest BCUT2D eigenvalue weighted by Crippen LogP contribution is -2.38. The van der Waals surface area contributed by atoms with Crippen LogP contribution in [0, 0.1) is 6.92 Å². The number of rotatable bonds is 5. The van der Waals surface area contributed by atoms with Gasteiger partial charge in [-0.1, -0.05) is 23.7 Å². The standard InChI is InChI=1S/C25H20ClF6N5O/c1-13-33-12-20(35-13)24(38,15-4-6-19(34-11-15)25(30,31)32)14-3-5-18-16(9-14)21(37-7-2-8-37)17(22(26)36-18)10-23(27,28)29/h3-6,9,11-12,38H,2,7-8,10H2,1H3,(H,33,35). The van der Waals surface area contributed by atoms with Crippen LogP contribution in [0.5, 0.6) is 0 Å². The second kappa shape index (κ2) is 9.12. The Labute approximate surface area is 217 Å². The fourth-order valence-corrected chi connectivity index (χ4v) is 4.85. The average molecular weight is 556 g/mol. The van der Waals surface area contributed by atoms with E-state index in [4.69, 9.17) is 11.6 Å². The van der Waals surface area contributed by atoms with Gasteiger partial charge in [0.25, 0.3) is 0 Å². The molecule has 3 aromatic heterocycles. The minimum atomic E-state index is -4.68. The second-order valence-corrected chi connectivity index (χ2v) is 9.47. The monoisotopic (exact) mass is 555 g/mol. The number of pyridine rings is 2. The smallest absolute Gasteiger partial charge is 0.374 e. The summed E-state index contributed by atoms with van der Waals surface area (Å²) in [6.45, 7) is 2.65. The number of imidazole rings is 1. The topological polar surface area (TPSA) is 77.9 Å². The summed E-state index contributed by atoms with van der Waals surface area (Å²) in [5.74, 6) is 0.432. The number of aromatic amines is 1. The van der Waals surface area contributed by atoms with Crippen LogP contribution in [0.1, 0.15) is 40.3 Å². The van der Waals surface area contributed by atoms with Gasteiger partial charge in [0.1, 0.15) is 16.7 Å². The summed E-state index contributed by atoms with van der Waals surface area (Å²) >= 11 is 6.21. The predicted molar refractivity (Wildman–Crippen MR) is 128 cm³/mol. The molecule has 200 valence electrons. The van der Waals surface area contributed by atoms with Crippen LogP contribution < -0.4 is 4.90 Å². The van der Waals surface area contributed by atoms with Crippen molar-refractivity contribution in [3.05, 3.63) is 81.8 Å². The van der Waals surface area contributed by atoms with E-state index in [-0.39, 0.29) is 33.2 Å². The van der Waals surface area contributed by atoms with Gasteiger partial charge in [-0.25, -0.2) is 9.97 Å². The summed E-state index contributed by atoms with van der Waals surface area (Å²) in [4.78, 5) is 16.4. The number of anilines is 1. The molecule has 5 rings (SSSR count). The molecule has 1 atom stereocenters. The minimum absolute atomic E-state index is 0.00330. The SMILES string of the molecule is Cc1ncc(C(O)(c2ccc(C(F)(F)F)nc2)c2ccc3nc(Cl)c(CC(F)(F)F)c(N4CCC4)c3c2)[nH]1. The van der Waals surface area contributed by atoms with Crippen LogP contribution in [-0.4, -0.2) is 44.3 Å². The third kappa shape index (κ3) is 4.66. The van der Waals surface area contributed by atoms with E-state index in [1.807, 2.05) is 0 Å². The highest BCUT2D eigenvalue weighted by atomic mass is 35.5. The van der Waals surface area contributed by atoms with Crippen LogP contribution >= 0.6 is 11.6 Å². The summed E-state index contributed by atoms with van der Waals surface area (Å²) in [7, 11) is 0. The van der Waals surface area contributed by atoms with Gasteiger partial charge in [0.15, 0.2) is 5.60 Å². The normalized spacial score (nSPS) is 16.0. The molecule has 1 aliphatic rings. The molecule has 38 heavy (non-hydrogen) atoms. The molecular weight excluding hydrogens is 536 g/mol. The van der Waals surface area contributed by atoms with Crippen LogP contribution in [0.25, 0.3) is 10.9 Å². The molecule has 1 fully saturated rings. The van der Waals surface area contributed by atoms with Gasteiger partial charge >= 0.3 is 12.4 Å². The molecule has 1 unspecified atom stereocenters. The number of hydrogen-bond acceptors (Lipinski definition) is 5. The molecule has 13 heteroatoms. The molecular formula is C25H20ClF6N5O. The van der Waals surface area contributed by atoms with E-state index in [1.54, 1.807) is 11.8 Å². The second-order valence-electron chi connectivity index (χ2n) is 9.12. The van der Waals surface area contributed by atoms with E-state index in [1.165, 1.54) is 24.4 Å². The number of aromatic nitrogens is 4. The number of hydrogen-bond donors (Lipinski definition) is 2. The van der Waals surface area contributed by atoms with Crippen molar-refractivity contribution >= 4 is 28.2 Å². The maximum absolute atomic E-state index is 13.5. The number of nitrogens with one attached hydrogen (secondary N) is 1.